The highest BCUT2D eigenvalue weighted by atomic mass is 35.5. The van der Waals surface area contributed by atoms with Gasteiger partial charge in [-0.1, -0.05) is 0 Å². The smallest absolute Gasteiger partial charge is 0.0315 e. The van der Waals surface area contributed by atoms with Crippen molar-refractivity contribution < 1.29 is 0 Å². The van der Waals surface area contributed by atoms with E-state index in [0.29, 0.717) is 6.04 Å². The lowest BCUT2D eigenvalue weighted by atomic mass is 10.0. The van der Waals surface area contributed by atoms with E-state index in [-0.39, 0.29) is 12.4 Å². The Kier molecular flexibility index (Phi) is 5.19. The van der Waals surface area contributed by atoms with Crippen LogP contribution in [0.4, 0.5) is 0 Å². The number of pyridine rings is 1. The number of hydrogen-bond donors (Lipinski definition) is 1. The van der Waals surface area contributed by atoms with Crippen molar-refractivity contribution in [2.24, 2.45) is 5.73 Å². The molecule has 1 fully saturated rings. The van der Waals surface area contributed by atoms with E-state index >= 15 is 0 Å². The third-order valence-electron chi connectivity index (χ3n) is 3.17. The van der Waals surface area contributed by atoms with Crippen molar-refractivity contribution in [1.29, 1.82) is 0 Å². The van der Waals surface area contributed by atoms with Gasteiger partial charge in [0, 0.05) is 25.0 Å². The van der Waals surface area contributed by atoms with E-state index in [9.17, 15) is 0 Å². The number of likely N-dealkylation sites (tertiary alicyclic amines) is 1. The predicted octanol–water partition coefficient (Wildman–Crippen LogP) is 1.73. The molecule has 2 rings (SSSR count). The Labute approximate surface area is 103 Å². The molecule has 0 atom stereocenters. The minimum absolute atomic E-state index is 0. The molecule has 1 aliphatic heterocycles. The molecule has 3 nitrogen and oxygen atoms in total. The first-order valence-electron chi connectivity index (χ1n) is 5.63. The zero-order valence-electron chi connectivity index (χ0n) is 9.72. The summed E-state index contributed by atoms with van der Waals surface area (Å²) in [6.07, 6.45) is 6.08. The van der Waals surface area contributed by atoms with Crippen molar-refractivity contribution in [3.8, 4) is 0 Å². The van der Waals surface area contributed by atoms with Crippen LogP contribution in [0.15, 0.2) is 18.5 Å². The predicted molar refractivity (Wildman–Crippen MR) is 68.7 cm³/mol. The molecule has 16 heavy (non-hydrogen) atoms. The van der Waals surface area contributed by atoms with Crippen molar-refractivity contribution in [2.45, 2.75) is 32.4 Å². The second kappa shape index (κ2) is 6.18. The van der Waals surface area contributed by atoms with E-state index in [1.807, 2.05) is 12.4 Å². The van der Waals surface area contributed by atoms with Gasteiger partial charge in [-0.05, 0) is 50.0 Å². The largest absolute Gasteiger partial charge is 0.328 e. The maximum atomic E-state index is 5.88. The second-order valence-electron chi connectivity index (χ2n) is 4.42. The molecule has 0 spiro atoms. The van der Waals surface area contributed by atoms with Crippen molar-refractivity contribution in [1.82, 2.24) is 9.88 Å². The molecule has 1 aromatic heterocycles. The molecule has 2 heterocycles. The van der Waals surface area contributed by atoms with Gasteiger partial charge in [0.15, 0.2) is 0 Å². The zero-order valence-corrected chi connectivity index (χ0v) is 10.5. The number of rotatable bonds is 2. The highest BCUT2D eigenvalue weighted by molar-refractivity contribution is 5.85. The molecule has 2 N–H and O–H groups in total. The van der Waals surface area contributed by atoms with Crippen molar-refractivity contribution in [2.75, 3.05) is 13.1 Å². The topological polar surface area (TPSA) is 42.2 Å². The fourth-order valence-electron chi connectivity index (χ4n) is 2.01. The molecular formula is C12H20ClN3. The van der Waals surface area contributed by atoms with Gasteiger partial charge in [-0.3, -0.25) is 9.88 Å². The van der Waals surface area contributed by atoms with Crippen LogP contribution in [0, 0.1) is 6.92 Å². The number of nitrogens with zero attached hydrogens (tertiary/aromatic N) is 2. The van der Waals surface area contributed by atoms with Gasteiger partial charge < -0.3 is 5.73 Å². The monoisotopic (exact) mass is 241 g/mol. The van der Waals surface area contributed by atoms with E-state index in [4.69, 9.17) is 5.73 Å². The third kappa shape index (κ3) is 3.44. The highest BCUT2D eigenvalue weighted by Gasteiger charge is 2.16. The fraction of sp³-hybridized carbons (Fsp3) is 0.583. The van der Waals surface area contributed by atoms with E-state index in [1.54, 1.807) is 0 Å². The summed E-state index contributed by atoms with van der Waals surface area (Å²) < 4.78 is 0. The first-order valence-corrected chi connectivity index (χ1v) is 5.63. The Morgan fingerprint density at radius 3 is 2.75 bits per heavy atom. The Balaban J connectivity index is 0.00000128. The summed E-state index contributed by atoms with van der Waals surface area (Å²) in [6, 6.07) is 2.49. The van der Waals surface area contributed by atoms with E-state index in [2.05, 4.69) is 22.9 Å². The summed E-state index contributed by atoms with van der Waals surface area (Å²) in [7, 11) is 0. The van der Waals surface area contributed by atoms with Gasteiger partial charge in [0.25, 0.3) is 0 Å². The van der Waals surface area contributed by atoms with Gasteiger partial charge in [-0.2, -0.15) is 0 Å². The number of hydrogen-bond acceptors (Lipinski definition) is 3. The average Bonchev–Trinajstić information content (AvgIpc) is 2.25. The van der Waals surface area contributed by atoms with Gasteiger partial charge in [0.2, 0.25) is 0 Å². The summed E-state index contributed by atoms with van der Waals surface area (Å²) in [5, 5.41) is 0. The van der Waals surface area contributed by atoms with Crippen molar-refractivity contribution >= 4 is 12.4 Å². The molecule has 0 aliphatic carbocycles. The van der Waals surface area contributed by atoms with Crippen LogP contribution in [0.1, 0.15) is 24.0 Å². The number of aryl methyl sites for hydroxylation is 1. The number of aromatic nitrogens is 1. The summed E-state index contributed by atoms with van der Waals surface area (Å²) in [5.41, 5.74) is 8.56. The molecule has 90 valence electrons. The Bertz CT molecular complexity index is 322. The Morgan fingerprint density at radius 2 is 2.12 bits per heavy atom. The van der Waals surface area contributed by atoms with Crippen LogP contribution >= 0.6 is 12.4 Å². The Hall–Kier alpha value is -0.640. The molecule has 0 bridgehead atoms. The first-order chi connectivity index (χ1) is 7.25. The molecular weight excluding hydrogens is 222 g/mol. The molecule has 0 unspecified atom stereocenters. The van der Waals surface area contributed by atoms with E-state index in [1.165, 1.54) is 11.1 Å². The quantitative estimate of drug-likeness (QED) is 0.858. The van der Waals surface area contributed by atoms with Crippen LogP contribution in [-0.4, -0.2) is 29.0 Å². The third-order valence-corrected chi connectivity index (χ3v) is 3.17. The number of halogens is 1. The van der Waals surface area contributed by atoms with Gasteiger partial charge in [-0.15, -0.1) is 12.4 Å². The normalized spacial score (nSPS) is 18.1. The summed E-state index contributed by atoms with van der Waals surface area (Å²) in [5.74, 6) is 0. The molecule has 1 saturated heterocycles. The summed E-state index contributed by atoms with van der Waals surface area (Å²) in [6.45, 7) is 5.41. The van der Waals surface area contributed by atoms with Crippen molar-refractivity contribution in [3.05, 3.63) is 29.6 Å². The van der Waals surface area contributed by atoms with Gasteiger partial charge in [-0.25, -0.2) is 0 Å². The lowest BCUT2D eigenvalue weighted by molar-refractivity contribution is 0.205. The molecule has 0 saturated carbocycles. The standard InChI is InChI=1S/C12H19N3.ClH/c1-10-2-5-14-8-11(10)9-15-6-3-12(13)4-7-15;/h2,5,8,12H,3-4,6-7,9,13H2,1H3;1H. The molecule has 0 amide bonds. The highest BCUT2D eigenvalue weighted by Crippen LogP contribution is 2.14. The SMILES string of the molecule is Cc1ccncc1CN1CCC(N)CC1.Cl. The first kappa shape index (κ1) is 13.4. The fourth-order valence-corrected chi connectivity index (χ4v) is 2.01. The average molecular weight is 242 g/mol. The molecule has 0 radical (unpaired) electrons. The lowest BCUT2D eigenvalue weighted by Crippen LogP contribution is -2.39. The summed E-state index contributed by atoms with van der Waals surface area (Å²) in [4.78, 5) is 6.64. The van der Waals surface area contributed by atoms with Gasteiger partial charge in [0.1, 0.15) is 0 Å². The van der Waals surface area contributed by atoms with Crippen LogP contribution in [0.2, 0.25) is 0 Å². The van der Waals surface area contributed by atoms with Gasteiger partial charge >= 0.3 is 0 Å². The molecule has 0 aromatic carbocycles. The molecule has 1 aliphatic rings. The minimum atomic E-state index is 0. The second-order valence-corrected chi connectivity index (χ2v) is 4.42. The zero-order chi connectivity index (χ0) is 10.7. The van der Waals surface area contributed by atoms with Crippen LogP contribution in [0.25, 0.3) is 0 Å². The van der Waals surface area contributed by atoms with E-state index < -0.39 is 0 Å². The minimum Gasteiger partial charge on any atom is -0.328 e. The van der Waals surface area contributed by atoms with Crippen LogP contribution in [0.5, 0.6) is 0 Å². The molecule has 1 aromatic rings. The maximum absolute atomic E-state index is 5.88. The van der Waals surface area contributed by atoms with Crippen LogP contribution in [0.3, 0.4) is 0 Å². The van der Waals surface area contributed by atoms with Crippen LogP contribution < -0.4 is 5.73 Å². The maximum Gasteiger partial charge on any atom is 0.0315 e. The number of nitrogens with two attached hydrogens (primary N) is 1. The van der Waals surface area contributed by atoms with Gasteiger partial charge in [0.05, 0.1) is 0 Å². The van der Waals surface area contributed by atoms with E-state index in [0.717, 1.165) is 32.5 Å². The van der Waals surface area contributed by atoms with Crippen molar-refractivity contribution in [3.63, 3.8) is 0 Å². The summed E-state index contributed by atoms with van der Waals surface area (Å²) >= 11 is 0. The Morgan fingerprint density at radius 1 is 1.44 bits per heavy atom. The lowest BCUT2D eigenvalue weighted by Gasteiger charge is -2.30. The molecule has 4 heteroatoms. The number of piperidine rings is 1. The van der Waals surface area contributed by atoms with Crippen LogP contribution in [-0.2, 0) is 6.54 Å².